The van der Waals surface area contributed by atoms with Crippen molar-refractivity contribution in [3.05, 3.63) is 78.4 Å². The quantitative estimate of drug-likeness (QED) is 0.313. The van der Waals surface area contributed by atoms with E-state index >= 15 is 0 Å². The van der Waals surface area contributed by atoms with E-state index in [-0.39, 0.29) is 5.91 Å². The van der Waals surface area contributed by atoms with Gasteiger partial charge in [-0.1, -0.05) is 59.9 Å². The molecule has 0 N–H and O–H groups in total. The lowest BCUT2D eigenvalue weighted by Gasteiger charge is -2.29. The molecule has 2 heterocycles. The van der Waals surface area contributed by atoms with Crippen LogP contribution in [0.3, 0.4) is 0 Å². The molecule has 1 aromatic heterocycles. The van der Waals surface area contributed by atoms with Gasteiger partial charge in [0.05, 0.1) is 23.4 Å². The predicted octanol–water partition coefficient (Wildman–Crippen LogP) is 5.66. The van der Waals surface area contributed by atoms with Crippen LogP contribution >= 0.6 is 23.1 Å². The maximum Gasteiger partial charge on any atom is 0.260 e. The number of para-hydroxylation sites is 1. The van der Waals surface area contributed by atoms with Gasteiger partial charge in [0, 0.05) is 36.6 Å². The fraction of sp³-hybridized carbons (Fsp3) is 0.259. The van der Waals surface area contributed by atoms with Gasteiger partial charge in [0.1, 0.15) is 0 Å². The van der Waals surface area contributed by atoms with Crippen molar-refractivity contribution >= 4 is 44.4 Å². The molecule has 3 aromatic carbocycles. The number of nitrogens with zero attached hydrogens (tertiary/aromatic N) is 3. The van der Waals surface area contributed by atoms with E-state index in [1.807, 2.05) is 47.4 Å². The van der Waals surface area contributed by atoms with Crippen molar-refractivity contribution in [1.29, 1.82) is 0 Å². The largest absolute Gasteiger partial charge is 0.379 e. The van der Waals surface area contributed by atoms with Crippen LogP contribution in [0.2, 0.25) is 0 Å². The van der Waals surface area contributed by atoms with E-state index in [0.717, 1.165) is 64.2 Å². The van der Waals surface area contributed by atoms with Gasteiger partial charge in [-0.2, -0.15) is 0 Å². The maximum atomic E-state index is 13.7. The first-order valence-corrected chi connectivity index (χ1v) is 13.5. The van der Waals surface area contributed by atoms with Crippen molar-refractivity contribution in [2.75, 3.05) is 50.5 Å². The molecule has 174 valence electrons. The predicted molar refractivity (Wildman–Crippen MR) is 142 cm³/mol. The molecule has 1 fully saturated rings. The molecule has 0 atom stereocenters. The molecule has 5 rings (SSSR count). The number of ether oxygens (including phenoxy) is 1. The number of carbonyl (C=O) groups is 1. The molecule has 1 aliphatic rings. The summed E-state index contributed by atoms with van der Waals surface area (Å²) in [6.45, 7) is 4.66. The second-order valence-corrected chi connectivity index (χ2v) is 10.0. The molecule has 0 unspecified atom stereocenters. The summed E-state index contributed by atoms with van der Waals surface area (Å²) in [6.07, 6.45) is 2.06. The highest BCUT2D eigenvalue weighted by Crippen LogP contribution is 2.34. The number of thioether (sulfide) groups is 1. The average molecular weight is 490 g/mol. The third kappa shape index (κ3) is 5.03. The Morgan fingerprint density at radius 1 is 1.00 bits per heavy atom. The summed E-state index contributed by atoms with van der Waals surface area (Å²) in [6, 6.07) is 24.3. The van der Waals surface area contributed by atoms with Gasteiger partial charge >= 0.3 is 0 Å². The second kappa shape index (κ2) is 10.7. The number of thiazole rings is 1. The molecule has 1 aliphatic heterocycles. The van der Waals surface area contributed by atoms with Crippen LogP contribution in [0.5, 0.6) is 0 Å². The van der Waals surface area contributed by atoms with Crippen molar-refractivity contribution in [3.8, 4) is 11.1 Å². The van der Waals surface area contributed by atoms with Gasteiger partial charge in [0.15, 0.2) is 5.13 Å². The van der Waals surface area contributed by atoms with Crippen LogP contribution < -0.4 is 4.90 Å². The first-order chi connectivity index (χ1) is 16.7. The number of benzene rings is 3. The zero-order valence-corrected chi connectivity index (χ0v) is 20.8. The highest BCUT2D eigenvalue weighted by atomic mass is 32.2. The lowest BCUT2D eigenvalue weighted by Crippen LogP contribution is -2.43. The van der Waals surface area contributed by atoms with E-state index in [1.54, 1.807) is 23.1 Å². The van der Waals surface area contributed by atoms with Crippen LogP contribution in [-0.4, -0.2) is 61.4 Å². The first-order valence-electron chi connectivity index (χ1n) is 11.4. The van der Waals surface area contributed by atoms with E-state index < -0.39 is 0 Å². The maximum absolute atomic E-state index is 13.7. The summed E-state index contributed by atoms with van der Waals surface area (Å²) in [4.78, 5) is 24.0. The Kier molecular flexibility index (Phi) is 7.25. The number of anilines is 1. The van der Waals surface area contributed by atoms with Crippen LogP contribution in [0.25, 0.3) is 21.3 Å². The zero-order chi connectivity index (χ0) is 23.3. The third-order valence-corrected chi connectivity index (χ3v) is 7.86. The average Bonchev–Trinajstić information content (AvgIpc) is 3.34. The Hall–Kier alpha value is -2.71. The Bertz CT molecular complexity index is 1250. The number of carbonyl (C=O) groups excluding carboxylic acids is 1. The zero-order valence-electron chi connectivity index (χ0n) is 19.1. The van der Waals surface area contributed by atoms with E-state index in [0.29, 0.717) is 12.1 Å². The SMILES string of the molecule is CSc1cccc2sc(N(CCN3CCOCC3)C(=O)c3ccc(-c4ccccc4)cc3)nc12. The molecule has 0 bridgehead atoms. The van der Waals surface area contributed by atoms with E-state index in [1.165, 1.54) is 0 Å². The van der Waals surface area contributed by atoms with Crippen LogP contribution in [0.1, 0.15) is 10.4 Å². The minimum atomic E-state index is -0.0161. The van der Waals surface area contributed by atoms with Crippen LogP contribution in [0.4, 0.5) is 5.13 Å². The van der Waals surface area contributed by atoms with Crippen molar-refractivity contribution in [2.24, 2.45) is 0 Å². The molecule has 0 aliphatic carbocycles. The number of amides is 1. The lowest BCUT2D eigenvalue weighted by molar-refractivity contribution is 0.0391. The van der Waals surface area contributed by atoms with Gasteiger partial charge in [-0.25, -0.2) is 4.98 Å². The molecule has 4 aromatic rings. The standard InChI is InChI=1S/C27H27N3O2S2/c1-33-23-8-5-9-24-25(23)28-27(34-24)30(15-14-29-16-18-32-19-17-29)26(31)22-12-10-21(11-13-22)20-6-3-2-4-7-20/h2-13H,14-19H2,1H3. The van der Waals surface area contributed by atoms with Crippen LogP contribution in [0.15, 0.2) is 77.7 Å². The second-order valence-electron chi connectivity index (χ2n) is 8.16. The molecular weight excluding hydrogens is 462 g/mol. The Morgan fingerprint density at radius 2 is 1.74 bits per heavy atom. The molecular formula is C27H27N3O2S2. The topological polar surface area (TPSA) is 45.7 Å². The van der Waals surface area contributed by atoms with Crippen molar-refractivity contribution in [3.63, 3.8) is 0 Å². The minimum Gasteiger partial charge on any atom is -0.379 e. The molecule has 1 amide bonds. The number of morpholine rings is 1. The monoisotopic (exact) mass is 489 g/mol. The molecule has 0 spiro atoms. The number of hydrogen-bond donors (Lipinski definition) is 0. The molecule has 5 nitrogen and oxygen atoms in total. The summed E-state index contributed by atoms with van der Waals surface area (Å²) in [5, 5.41) is 0.752. The molecule has 7 heteroatoms. The van der Waals surface area contributed by atoms with Crippen molar-refractivity contribution in [2.45, 2.75) is 4.90 Å². The number of hydrogen-bond acceptors (Lipinski definition) is 6. The molecule has 0 radical (unpaired) electrons. The molecule has 0 saturated carbocycles. The lowest BCUT2D eigenvalue weighted by atomic mass is 10.0. The normalized spacial score (nSPS) is 14.4. The van der Waals surface area contributed by atoms with Gasteiger partial charge in [0.2, 0.25) is 0 Å². The van der Waals surface area contributed by atoms with E-state index in [9.17, 15) is 4.79 Å². The van der Waals surface area contributed by atoms with Crippen LogP contribution in [0, 0.1) is 0 Å². The number of fused-ring (bicyclic) bond motifs is 1. The number of rotatable bonds is 7. The van der Waals surface area contributed by atoms with Gasteiger partial charge in [0.25, 0.3) is 5.91 Å². The Morgan fingerprint density at radius 3 is 2.47 bits per heavy atom. The summed E-state index contributed by atoms with van der Waals surface area (Å²) in [5.74, 6) is -0.0161. The van der Waals surface area contributed by atoms with Gasteiger partial charge in [-0.3, -0.25) is 14.6 Å². The van der Waals surface area contributed by atoms with Crippen molar-refractivity contribution in [1.82, 2.24) is 9.88 Å². The minimum absolute atomic E-state index is 0.0161. The van der Waals surface area contributed by atoms with Crippen LogP contribution in [-0.2, 0) is 4.74 Å². The summed E-state index contributed by atoms with van der Waals surface area (Å²) >= 11 is 3.26. The van der Waals surface area contributed by atoms with Gasteiger partial charge in [-0.05, 0) is 41.6 Å². The van der Waals surface area contributed by atoms with E-state index in [4.69, 9.17) is 9.72 Å². The Labute approximate surface area is 208 Å². The molecule has 1 saturated heterocycles. The van der Waals surface area contributed by atoms with Crippen molar-refractivity contribution < 1.29 is 9.53 Å². The fourth-order valence-corrected chi connectivity index (χ4v) is 5.78. The third-order valence-electron chi connectivity index (χ3n) is 6.05. The number of aromatic nitrogens is 1. The smallest absolute Gasteiger partial charge is 0.260 e. The highest BCUT2D eigenvalue weighted by molar-refractivity contribution is 7.98. The Balaban J connectivity index is 1.44. The highest BCUT2D eigenvalue weighted by Gasteiger charge is 2.23. The van der Waals surface area contributed by atoms with Gasteiger partial charge < -0.3 is 4.74 Å². The fourth-order valence-electron chi connectivity index (χ4n) is 4.13. The molecule has 34 heavy (non-hydrogen) atoms. The van der Waals surface area contributed by atoms with Gasteiger partial charge in [-0.15, -0.1) is 11.8 Å². The van der Waals surface area contributed by atoms with E-state index in [2.05, 4.69) is 41.5 Å². The summed E-state index contributed by atoms with van der Waals surface area (Å²) < 4.78 is 6.59. The first kappa shape index (κ1) is 23.1. The summed E-state index contributed by atoms with van der Waals surface area (Å²) in [7, 11) is 0. The summed E-state index contributed by atoms with van der Waals surface area (Å²) in [5.41, 5.74) is 3.88.